The molecule has 0 radical (unpaired) electrons. The number of carbonyl (C=O) groups excluding carboxylic acids is 1. The first-order chi connectivity index (χ1) is 10.2. The molecule has 1 saturated heterocycles. The standard InChI is InChI=1S/C14H16N4O2S/c1-18-8-11(20-9-12(18)19)7-15-14-17-16-13(21-14)10-5-3-2-4-6-10/h2-6,11H,7-9H2,1H3,(H,15,17). The number of amides is 1. The van der Waals surface area contributed by atoms with E-state index < -0.39 is 0 Å². The molecule has 1 atom stereocenters. The maximum absolute atomic E-state index is 11.3. The molecule has 3 rings (SSSR count). The largest absolute Gasteiger partial charge is 0.365 e. The molecule has 1 aromatic heterocycles. The third kappa shape index (κ3) is 3.37. The third-order valence-corrected chi connectivity index (χ3v) is 4.20. The molecule has 0 spiro atoms. The Hall–Kier alpha value is -1.99. The van der Waals surface area contributed by atoms with Gasteiger partial charge in [-0.25, -0.2) is 0 Å². The first-order valence-electron chi connectivity index (χ1n) is 6.71. The highest BCUT2D eigenvalue weighted by atomic mass is 32.1. The van der Waals surface area contributed by atoms with Crippen LogP contribution in [0, 0.1) is 0 Å². The highest BCUT2D eigenvalue weighted by molar-refractivity contribution is 7.18. The second kappa shape index (κ2) is 6.19. The smallest absolute Gasteiger partial charge is 0.248 e. The number of nitrogens with zero attached hydrogens (tertiary/aromatic N) is 3. The van der Waals surface area contributed by atoms with Crippen LogP contribution in [-0.4, -0.2) is 53.9 Å². The lowest BCUT2D eigenvalue weighted by atomic mass is 10.2. The van der Waals surface area contributed by atoms with Gasteiger partial charge in [0.1, 0.15) is 11.6 Å². The van der Waals surface area contributed by atoms with Gasteiger partial charge in [0.2, 0.25) is 11.0 Å². The molecule has 2 heterocycles. The van der Waals surface area contributed by atoms with Crippen molar-refractivity contribution >= 4 is 22.4 Å². The van der Waals surface area contributed by atoms with Gasteiger partial charge in [0, 0.05) is 25.7 Å². The van der Waals surface area contributed by atoms with Crippen molar-refractivity contribution in [3.63, 3.8) is 0 Å². The van der Waals surface area contributed by atoms with E-state index in [9.17, 15) is 4.79 Å². The molecule has 1 fully saturated rings. The molecule has 1 aromatic carbocycles. The molecule has 0 bridgehead atoms. The van der Waals surface area contributed by atoms with Crippen LogP contribution in [0.1, 0.15) is 0 Å². The molecule has 1 unspecified atom stereocenters. The molecule has 1 amide bonds. The number of aromatic nitrogens is 2. The summed E-state index contributed by atoms with van der Waals surface area (Å²) >= 11 is 1.51. The lowest BCUT2D eigenvalue weighted by Crippen LogP contribution is -2.46. The summed E-state index contributed by atoms with van der Waals surface area (Å²) in [6.07, 6.45) is -0.0169. The molecule has 2 aromatic rings. The fraction of sp³-hybridized carbons (Fsp3) is 0.357. The van der Waals surface area contributed by atoms with Gasteiger partial charge in [0.15, 0.2) is 0 Å². The zero-order valence-electron chi connectivity index (χ0n) is 11.7. The number of nitrogens with one attached hydrogen (secondary N) is 1. The fourth-order valence-electron chi connectivity index (χ4n) is 2.08. The Kier molecular flexibility index (Phi) is 4.12. The van der Waals surface area contributed by atoms with Crippen molar-refractivity contribution in [3.05, 3.63) is 30.3 Å². The molecular formula is C14H16N4O2S. The first-order valence-corrected chi connectivity index (χ1v) is 7.52. The molecule has 1 aliphatic heterocycles. The van der Waals surface area contributed by atoms with Crippen molar-refractivity contribution in [1.29, 1.82) is 0 Å². The number of hydrogen-bond acceptors (Lipinski definition) is 6. The monoisotopic (exact) mass is 304 g/mol. The van der Waals surface area contributed by atoms with Crippen molar-refractivity contribution in [2.75, 3.05) is 32.1 Å². The molecule has 21 heavy (non-hydrogen) atoms. The summed E-state index contributed by atoms with van der Waals surface area (Å²) in [7, 11) is 1.79. The van der Waals surface area contributed by atoms with E-state index in [0.717, 1.165) is 15.7 Å². The minimum atomic E-state index is -0.0169. The molecule has 6 nitrogen and oxygen atoms in total. The van der Waals surface area contributed by atoms with Crippen molar-refractivity contribution < 1.29 is 9.53 Å². The Balaban J connectivity index is 1.57. The van der Waals surface area contributed by atoms with Crippen molar-refractivity contribution in [2.45, 2.75) is 6.10 Å². The normalized spacial score (nSPS) is 18.8. The van der Waals surface area contributed by atoms with Gasteiger partial charge in [-0.3, -0.25) is 4.79 Å². The van der Waals surface area contributed by atoms with Crippen molar-refractivity contribution in [3.8, 4) is 10.6 Å². The number of morpholine rings is 1. The zero-order chi connectivity index (χ0) is 14.7. The Labute approximate surface area is 126 Å². The topological polar surface area (TPSA) is 67.3 Å². The minimum Gasteiger partial charge on any atom is -0.365 e. The molecular weight excluding hydrogens is 288 g/mol. The van der Waals surface area contributed by atoms with E-state index >= 15 is 0 Å². The summed E-state index contributed by atoms with van der Waals surface area (Å²) in [6.45, 7) is 1.35. The fourth-order valence-corrected chi connectivity index (χ4v) is 2.83. The van der Waals surface area contributed by atoms with E-state index in [2.05, 4.69) is 15.5 Å². The average Bonchev–Trinajstić information content (AvgIpc) is 2.98. The van der Waals surface area contributed by atoms with Crippen LogP contribution in [0.15, 0.2) is 30.3 Å². The summed E-state index contributed by atoms with van der Waals surface area (Å²) in [5.41, 5.74) is 1.06. The van der Waals surface area contributed by atoms with Gasteiger partial charge >= 0.3 is 0 Å². The minimum absolute atomic E-state index is 0.0169. The second-order valence-corrected chi connectivity index (χ2v) is 5.84. The zero-order valence-corrected chi connectivity index (χ0v) is 12.5. The lowest BCUT2D eigenvalue weighted by Gasteiger charge is -2.29. The second-order valence-electron chi connectivity index (χ2n) is 4.87. The summed E-state index contributed by atoms with van der Waals surface area (Å²) in [4.78, 5) is 13.0. The van der Waals surface area contributed by atoms with Gasteiger partial charge in [-0.15, -0.1) is 10.2 Å². The number of likely N-dealkylation sites (N-methyl/N-ethyl adjacent to an activating group) is 1. The predicted molar refractivity (Wildman–Crippen MR) is 81.2 cm³/mol. The summed E-state index contributed by atoms with van der Waals surface area (Å²) in [6, 6.07) is 9.95. The maximum Gasteiger partial charge on any atom is 0.248 e. The van der Waals surface area contributed by atoms with Gasteiger partial charge in [-0.05, 0) is 0 Å². The average molecular weight is 304 g/mol. The Morgan fingerprint density at radius 3 is 2.95 bits per heavy atom. The van der Waals surface area contributed by atoms with Gasteiger partial charge in [-0.1, -0.05) is 41.7 Å². The van der Waals surface area contributed by atoms with Crippen LogP contribution in [-0.2, 0) is 9.53 Å². The number of carbonyl (C=O) groups is 1. The van der Waals surface area contributed by atoms with E-state index in [4.69, 9.17) is 4.74 Å². The van der Waals surface area contributed by atoms with Crippen LogP contribution in [0.4, 0.5) is 5.13 Å². The number of ether oxygens (including phenoxy) is 1. The van der Waals surface area contributed by atoms with Gasteiger partial charge in [-0.2, -0.15) is 0 Å². The van der Waals surface area contributed by atoms with Crippen LogP contribution in [0.5, 0.6) is 0 Å². The molecule has 1 aliphatic rings. The van der Waals surface area contributed by atoms with Gasteiger partial charge in [0.05, 0.1) is 6.10 Å². The van der Waals surface area contributed by atoms with Crippen LogP contribution in [0.2, 0.25) is 0 Å². The van der Waals surface area contributed by atoms with E-state index in [1.54, 1.807) is 11.9 Å². The lowest BCUT2D eigenvalue weighted by molar-refractivity contribution is -0.145. The van der Waals surface area contributed by atoms with Crippen molar-refractivity contribution in [1.82, 2.24) is 15.1 Å². The predicted octanol–water partition coefficient (Wildman–Crippen LogP) is 1.47. The molecule has 110 valence electrons. The first kappa shape index (κ1) is 14.0. The number of rotatable bonds is 4. The van der Waals surface area contributed by atoms with E-state index in [1.165, 1.54) is 11.3 Å². The van der Waals surface area contributed by atoms with Crippen LogP contribution >= 0.6 is 11.3 Å². The van der Waals surface area contributed by atoms with Gasteiger partial charge < -0.3 is 15.0 Å². The summed E-state index contributed by atoms with van der Waals surface area (Å²) < 4.78 is 5.48. The van der Waals surface area contributed by atoms with E-state index in [0.29, 0.717) is 13.1 Å². The van der Waals surface area contributed by atoms with Gasteiger partial charge in [0.25, 0.3) is 0 Å². The van der Waals surface area contributed by atoms with Crippen LogP contribution in [0.25, 0.3) is 10.6 Å². The summed E-state index contributed by atoms with van der Waals surface area (Å²) in [5.74, 6) is 0.0218. The third-order valence-electron chi connectivity index (χ3n) is 3.27. The Morgan fingerprint density at radius 2 is 2.19 bits per heavy atom. The highest BCUT2D eigenvalue weighted by Gasteiger charge is 2.23. The number of benzene rings is 1. The molecule has 7 heteroatoms. The molecule has 1 N–H and O–H groups in total. The number of hydrogen-bond donors (Lipinski definition) is 1. The van der Waals surface area contributed by atoms with E-state index in [-0.39, 0.29) is 18.6 Å². The molecule has 0 aliphatic carbocycles. The number of anilines is 1. The van der Waals surface area contributed by atoms with Crippen molar-refractivity contribution in [2.24, 2.45) is 0 Å². The summed E-state index contributed by atoms with van der Waals surface area (Å²) in [5, 5.41) is 13.2. The molecule has 0 saturated carbocycles. The Morgan fingerprint density at radius 1 is 1.38 bits per heavy atom. The highest BCUT2D eigenvalue weighted by Crippen LogP contribution is 2.25. The SMILES string of the molecule is CN1CC(CNc2nnc(-c3ccccc3)s2)OCC1=O. The van der Waals surface area contributed by atoms with Crippen LogP contribution < -0.4 is 5.32 Å². The maximum atomic E-state index is 11.3. The van der Waals surface area contributed by atoms with Crippen LogP contribution in [0.3, 0.4) is 0 Å². The van der Waals surface area contributed by atoms with E-state index in [1.807, 2.05) is 30.3 Å². The quantitative estimate of drug-likeness (QED) is 0.926. The Bertz CT molecular complexity index is 616.